The molecule has 128 valence electrons. The molecule has 0 unspecified atom stereocenters. The summed E-state index contributed by atoms with van der Waals surface area (Å²) in [6, 6.07) is 1.74. The maximum absolute atomic E-state index is 12.8. The van der Waals surface area contributed by atoms with Crippen molar-refractivity contribution in [3.8, 4) is 5.75 Å². The van der Waals surface area contributed by atoms with E-state index in [1.165, 1.54) is 6.42 Å². The quantitative estimate of drug-likeness (QED) is 0.872. The summed E-state index contributed by atoms with van der Waals surface area (Å²) in [7, 11) is 2.01. The molecule has 2 aromatic rings. The summed E-state index contributed by atoms with van der Waals surface area (Å²) in [6.45, 7) is 0.917. The number of amides is 1. The molecule has 2 aliphatic rings. The SMILES string of the molecule is Cn1ccc(C(=O)N[C@H]2COC[C@H]2Oc2cn[nH]c2)c1C1CCC1. The summed E-state index contributed by atoms with van der Waals surface area (Å²) in [6.07, 6.45) is 8.63. The van der Waals surface area contributed by atoms with Crippen molar-refractivity contribution in [2.75, 3.05) is 13.2 Å². The van der Waals surface area contributed by atoms with E-state index in [1.807, 2.05) is 19.3 Å². The third-order valence-corrected chi connectivity index (χ3v) is 4.96. The zero-order chi connectivity index (χ0) is 16.5. The molecule has 2 atom stereocenters. The monoisotopic (exact) mass is 330 g/mol. The molecule has 2 fully saturated rings. The second-order valence-corrected chi connectivity index (χ2v) is 6.56. The van der Waals surface area contributed by atoms with Crippen LogP contribution in [-0.2, 0) is 11.8 Å². The summed E-state index contributed by atoms with van der Waals surface area (Å²) < 4.78 is 13.4. The Morgan fingerprint density at radius 3 is 3.04 bits per heavy atom. The van der Waals surface area contributed by atoms with Crippen LogP contribution in [0.1, 0.15) is 41.2 Å². The van der Waals surface area contributed by atoms with Crippen LogP contribution in [0.5, 0.6) is 5.75 Å². The van der Waals surface area contributed by atoms with Crippen LogP contribution >= 0.6 is 0 Å². The molecule has 0 bridgehead atoms. The van der Waals surface area contributed by atoms with Crippen LogP contribution < -0.4 is 10.1 Å². The van der Waals surface area contributed by atoms with Crippen LogP contribution in [0.2, 0.25) is 0 Å². The minimum absolute atomic E-state index is 0.0474. The Labute approximate surface area is 140 Å². The fraction of sp³-hybridized carbons (Fsp3) is 0.529. The molecule has 2 aromatic heterocycles. The van der Waals surface area contributed by atoms with E-state index in [0.29, 0.717) is 24.9 Å². The molecule has 1 saturated carbocycles. The number of nitrogens with zero attached hydrogens (tertiary/aromatic N) is 2. The number of rotatable bonds is 5. The lowest BCUT2D eigenvalue weighted by atomic mass is 9.81. The van der Waals surface area contributed by atoms with Gasteiger partial charge in [-0.3, -0.25) is 9.89 Å². The first kappa shape index (κ1) is 15.3. The molecule has 3 heterocycles. The highest BCUT2D eigenvalue weighted by atomic mass is 16.5. The predicted octanol–water partition coefficient (Wildman–Crippen LogP) is 1.59. The van der Waals surface area contributed by atoms with Crippen LogP contribution in [0.15, 0.2) is 24.7 Å². The summed E-state index contributed by atoms with van der Waals surface area (Å²) in [5, 5.41) is 9.66. The summed E-state index contributed by atoms with van der Waals surface area (Å²) in [4.78, 5) is 12.8. The number of hydrogen-bond donors (Lipinski definition) is 2. The van der Waals surface area contributed by atoms with Crippen molar-refractivity contribution in [1.82, 2.24) is 20.1 Å². The Bertz CT molecular complexity index is 705. The smallest absolute Gasteiger partial charge is 0.253 e. The predicted molar refractivity (Wildman–Crippen MR) is 87.1 cm³/mol. The van der Waals surface area contributed by atoms with Gasteiger partial charge >= 0.3 is 0 Å². The van der Waals surface area contributed by atoms with Gasteiger partial charge in [0.15, 0.2) is 5.75 Å². The van der Waals surface area contributed by atoms with Crippen LogP contribution in [-0.4, -0.2) is 46.0 Å². The molecular weight excluding hydrogens is 308 g/mol. The van der Waals surface area contributed by atoms with Gasteiger partial charge in [0.05, 0.1) is 37.2 Å². The maximum atomic E-state index is 12.8. The zero-order valence-corrected chi connectivity index (χ0v) is 13.7. The molecule has 1 aliphatic heterocycles. The fourth-order valence-corrected chi connectivity index (χ4v) is 3.43. The standard InChI is InChI=1S/C17H22N4O3/c1-21-6-5-13(16(21)11-3-2-4-11)17(22)20-14-9-23-10-15(14)24-12-7-18-19-8-12/h5-8,11,14-15H,2-4,9-10H2,1H3,(H,18,19)(H,20,22)/t14-,15+/m0/s1. The van der Waals surface area contributed by atoms with Crippen molar-refractivity contribution >= 4 is 5.91 Å². The topological polar surface area (TPSA) is 81.2 Å². The first-order valence-electron chi connectivity index (χ1n) is 8.41. The van der Waals surface area contributed by atoms with Gasteiger partial charge in [0.2, 0.25) is 0 Å². The number of aromatic nitrogens is 3. The molecule has 7 nitrogen and oxygen atoms in total. The first-order chi connectivity index (χ1) is 11.7. The maximum Gasteiger partial charge on any atom is 0.253 e. The van der Waals surface area contributed by atoms with Crippen molar-refractivity contribution in [2.24, 2.45) is 7.05 Å². The van der Waals surface area contributed by atoms with E-state index in [-0.39, 0.29) is 18.1 Å². The zero-order valence-electron chi connectivity index (χ0n) is 13.7. The molecule has 0 aromatic carbocycles. The van der Waals surface area contributed by atoms with E-state index < -0.39 is 0 Å². The van der Waals surface area contributed by atoms with Gasteiger partial charge < -0.3 is 19.4 Å². The van der Waals surface area contributed by atoms with Gasteiger partial charge in [-0.05, 0) is 24.8 Å². The minimum Gasteiger partial charge on any atom is -0.482 e. The van der Waals surface area contributed by atoms with Gasteiger partial charge in [-0.1, -0.05) is 6.42 Å². The van der Waals surface area contributed by atoms with E-state index in [9.17, 15) is 4.79 Å². The summed E-state index contributed by atoms with van der Waals surface area (Å²) in [5.41, 5.74) is 1.92. The van der Waals surface area contributed by atoms with Gasteiger partial charge in [-0.2, -0.15) is 5.10 Å². The number of hydrogen-bond acceptors (Lipinski definition) is 4. The lowest BCUT2D eigenvalue weighted by Gasteiger charge is -2.27. The van der Waals surface area contributed by atoms with Crippen molar-refractivity contribution in [3.63, 3.8) is 0 Å². The third kappa shape index (κ3) is 2.80. The van der Waals surface area contributed by atoms with E-state index in [4.69, 9.17) is 9.47 Å². The number of ether oxygens (including phenoxy) is 2. The van der Waals surface area contributed by atoms with Gasteiger partial charge in [0.25, 0.3) is 5.91 Å². The first-order valence-corrected chi connectivity index (χ1v) is 8.41. The van der Waals surface area contributed by atoms with Crippen LogP contribution in [0.4, 0.5) is 0 Å². The highest BCUT2D eigenvalue weighted by molar-refractivity contribution is 5.96. The summed E-state index contributed by atoms with van der Waals surface area (Å²) in [5.74, 6) is 1.11. The lowest BCUT2D eigenvalue weighted by molar-refractivity contribution is 0.0902. The highest BCUT2D eigenvalue weighted by Crippen LogP contribution is 2.38. The molecule has 24 heavy (non-hydrogen) atoms. The number of H-pyrrole nitrogens is 1. The Morgan fingerprint density at radius 1 is 1.46 bits per heavy atom. The number of carbonyl (C=O) groups is 1. The number of nitrogens with one attached hydrogen (secondary N) is 2. The Balaban J connectivity index is 1.45. The van der Waals surface area contributed by atoms with E-state index >= 15 is 0 Å². The Morgan fingerprint density at radius 2 is 2.33 bits per heavy atom. The van der Waals surface area contributed by atoms with Crippen molar-refractivity contribution in [3.05, 3.63) is 35.9 Å². The average Bonchev–Trinajstić information content (AvgIpc) is 3.23. The number of aryl methyl sites for hydroxylation is 1. The number of carbonyl (C=O) groups excluding carboxylic acids is 1. The third-order valence-electron chi connectivity index (χ3n) is 4.96. The van der Waals surface area contributed by atoms with E-state index in [0.717, 1.165) is 24.1 Å². The highest BCUT2D eigenvalue weighted by Gasteiger charge is 2.34. The molecular formula is C17H22N4O3. The van der Waals surface area contributed by atoms with E-state index in [1.54, 1.807) is 12.4 Å². The normalized spacial score (nSPS) is 23.9. The van der Waals surface area contributed by atoms with Gasteiger partial charge in [0, 0.05) is 18.9 Å². The molecule has 7 heteroatoms. The second-order valence-electron chi connectivity index (χ2n) is 6.56. The molecule has 4 rings (SSSR count). The largest absolute Gasteiger partial charge is 0.482 e. The van der Waals surface area contributed by atoms with Crippen molar-refractivity contribution in [2.45, 2.75) is 37.3 Å². The summed E-state index contributed by atoms with van der Waals surface area (Å²) >= 11 is 0. The van der Waals surface area contributed by atoms with Gasteiger partial charge in [-0.25, -0.2) is 0 Å². The van der Waals surface area contributed by atoms with Crippen molar-refractivity contribution in [1.29, 1.82) is 0 Å². The van der Waals surface area contributed by atoms with Gasteiger partial charge in [-0.15, -0.1) is 0 Å². The van der Waals surface area contributed by atoms with Gasteiger partial charge in [0.1, 0.15) is 6.10 Å². The Kier molecular flexibility index (Phi) is 4.02. The molecule has 1 aliphatic carbocycles. The van der Waals surface area contributed by atoms with Crippen LogP contribution in [0.25, 0.3) is 0 Å². The molecule has 0 spiro atoms. The minimum atomic E-state index is -0.206. The second kappa shape index (κ2) is 6.32. The number of aromatic amines is 1. The molecule has 2 N–H and O–H groups in total. The molecule has 0 radical (unpaired) electrons. The molecule has 1 saturated heterocycles. The van der Waals surface area contributed by atoms with E-state index in [2.05, 4.69) is 20.1 Å². The lowest BCUT2D eigenvalue weighted by Crippen LogP contribution is -2.45. The average molecular weight is 330 g/mol. The van der Waals surface area contributed by atoms with Crippen molar-refractivity contribution < 1.29 is 14.3 Å². The Hall–Kier alpha value is -2.28. The molecule has 1 amide bonds. The fourth-order valence-electron chi connectivity index (χ4n) is 3.43. The van der Waals surface area contributed by atoms with Crippen LogP contribution in [0, 0.1) is 0 Å². The van der Waals surface area contributed by atoms with Crippen LogP contribution in [0.3, 0.4) is 0 Å².